The molecule has 12 heteroatoms. The van der Waals surface area contributed by atoms with Crippen LogP contribution in [0.15, 0.2) is 0 Å². The van der Waals surface area contributed by atoms with Gasteiger partial charge in [-0.05, 0) is 6.42 Å². The molecular formula is C7H16O2S10. The highest BCUT2D eigenvalue weighted by Crippen LogP contribution is 2.00. The molecule has 0 aromatic heterocycles. The molecule has 0 fully saturated rings. The maximum atomic E-state index is 10.6. The second kappa shape index (κ2) is 18.0. The Balaban J connectivity index is 0. The van der Waals surface area contributed by atoms with Crippen molar-refractivity contribution in [3.63, 3.8) is 0 Å². The van der Waals surface area contributed by atoms with Crippen LogP contribution in [-0.4, -0.2) is 20.4 Å². The summed E-state index contributed by atoms with van der Waals surface area (Å²) in [5.74, 6) is 0.354. The van der Waals surface area contributed by atoms with Crippen molar-refractivity contribution in [1.29, 1.82) is 0 Å². The van der Waals surface area contributed by atoms with Crippen molar-refractivity contribution in [1.82, 2.24) is 0 Å². The van der Waals surface area contributed by atoms with E-state index in [2.05, 4.69) is 29.3 Å². The number of rotatable bonds is 5. The predicted octanol–water partition coefficient (Wildman–Crippen LogP) is 1.59. The highest BCUT2D eigenvalue weighted by molar-refractivity contribution is 8.72. The van der Waals surface area contributed by atoms with Crippen LogP contribution in [0.2, 0.25) is 0 Å². The van der Waals surface area contributed by atoms with E-state index in [-0.39, 0.29) is 0 Å². The second-order valence-electron chi connectivity index (χ2n) is 3.17. The summed E-state index contributed by atoms with van der Waals surface area (Å²) in [6, 6.07) is 0. The monoisotopic (exact) mass is 452 g/mol. The summed E-state index contributed by atoms with van der Waals surface area (Å²) < 4.78 is 21.2. The van der Waals surface area contributed by atoms with Crippen LogP contribution >= 0.6 is 0 Å². The lowest BCUT2D eigenvalue weighted by molar-refractivity contribution is 0.594. The summed E-state index contributed by atoms with van der Waals surface area (Å²) in [5, 5.41) is 0. The van der Waals surface area contributed by atoms with E-state index >= 15 is 0 Å². The quantitative estimate of drug-likeness (QED) is 0.593. The summed E-state index contributed by atoms with van der Waals surface area (Å²) in [6.07, 6.45) is 5.47. The third-order valence-electron chi connectivity index (χ3n) is 1.54. The summed E-state index contributed by atoms with van der Waals surface area (Å²) in [6.45, 7) is 2.11. The molecule has 0 radical (unpaired) electrons. The smallest absolute Gasteiger partial charge is 0.147 e. The molecule has 0 amide bonds. The van der Waals surface area contributed by atoms with E-state index in [1.54, 1.807) is 44.4 Å². The van der Waals surface area contributed by atoms with Gasteiger partial charge in [-0.3, -0.25) is 0 Å². The first-order valence-corrected chi connectivity index (χ1v) is 17.8. The van der Waals surface area contributed by atoms with Gasteiger partial charge in [0.05, 0.1) is 0 Å². The van der Waals surface area contributed by atoms with E-state index in [1.807, 2.05) is 0 Å². The maximum Gasteiger partial charge on any atom is 0.147 e. The van der Waals surface area contributed by atoms with Crippen molar-refractivity contribution in [2.75, 3.05) is 12.0 Å². The second-order valence-corrected chi connectivity index (χ2v) is 17.8. The largest absolute Gasteiger partial charge is 0.229 e. The lowest BCUT2D eigenvalue weighted by Crippen LogP contribution is -2.02. The molecule has 0 N–H and O–H groups in total. The molecular weight excluding hydrogens is 437 g/mol. The average molecular weight is 453 g/mol. The zero-order valence-corrected chi connectivity index (χ0v) is 18.6. The van der Waals surface area contributed by atoms with E-state index in [0.29, 0.717) is 5.75 Å². The van der Waals surface area contributed by atoms with Gasteiger partial charge in [0.15, 0.2) is 0 Å². The van der Waals surface area contributed by atoms with Crippen LogP contribution in [0, 0.1) is 0 Å². The minimum Gasteiger partial charge on any atom is -0.229 e. The Morgan fingerprint density at radius 3 is 1.68 bits per heavy atom. The molecule has 0 aromatic carbocycles. The molecule has 0 spiro atoms. The van der Waals surface area contributed by atoms with Crippen LogP contribution in [0.4, 0.5) is 0 Å². The first-order valence-electron chi connectivity index (χ1n) is 5.07. The fourth-order valence-electron chi connectivity index (χ4n) is 0.848. The molecule has 0 saturated heterocycles. The van der Waals surface area contributed by atoms with Crippen LogP contribution < -0.4 is 0 Å². The molecule has 0 aromatic rings. The van der Waals surface area contributed by atoms with Crippen molar-refractivity contribution in [2.24, 2.45) is 0 Å². The van der Waals surface area contributed by atoms with Crippen LogP contribution in [0.5, 0.6) is 0 Å². The number of hydrogen-bond donors (Lipinski definition) is 0. The molecule has 116 valence electrons. The number of hydrogen-bond acceptors (Lipinski definition) is 4. The van der Waals surface area contributed by atoms with Gasteiger partial charge in [-0.25, -0.2) is 8.42 Å². The lowest BCUT2D eigenvalue weighted by Gasteiger charge is -1.96. The molecule has 0 bridgehead atoms. The molecule has 19 heavy (non-hydrogen) atoms. The summed E-state index contributed by atoms with van der Waals surface area (Å²) in [4.78, 5) is 0. The van der Waals surface area contributed by atoms with Gasteiger partial charge < -0.3 is 0 Å². The van der Waals surface area contributed by atoms with E-state index in [9.17, 15) is 8.42 Å². The fourth-order valence-corrected chi connectivity index (χ4v) is 15.3. The van der Waals surface area contributed by atoms with Gasteiger partial charge in [-0.2, -0.15) is 0 Å². The standard InChI is InChI=1S/C7H16O2S.S9/c1-3-4-5-6-7-10(2,8)9;1-3-5-7-9-8-6-4-2/h3-7H2,1-2H3;. The highest BCUT2D eigenvalue weighted by Gasteiger charge is 1.99. The normalized spacial score (nSPS) is 9.37. The number of sulfone groups is 1. The Morgan fingerprint density at radius 1 is 0.842 bits per heavy atom. The first kappa shape index (κ1) is 23.2. The summed E-state index contributed by atoms with van der Waals surface area (Å²) in [5.41, 5.74) is 0. The zero-order valence-electron chi connectivity index (χ0n) is 10.4. The third kappa shape index (κ3) is 28.7. The summed E-state index contributed by atoms with van der Waals surface area (Å²) >= 11 is 9.27. The molecule has 0 atom stereocenters. The third-order valence-corrected chi connectivity index (χ3v) is 15.9. The average Bonchev–Trinajstić information content (AvgIpc) is 2.34. The highest BCUT2D eigenvalue weighted by atomic mass is 33.4. The minimum absolute atomic E-state index is 0.354. The van der Waals surface area contributed by atoms with E-state index in [0.717, 1.165) is 25.7 Å². The van der Waals surface area contributed by atoms with Crippen molar-refractivity contribution < 1.29 is 8.42 Å². The molecule has 0 heterocycles. The minimum atomic E-state index is -2.70. The molecule has 2 nitrogen and oxygen atoms in total. The first-order chi connectivity index (χ1) is 8.97. The predicted molar refractivity (Wildman–Crippen MR) is 110 cm³/mol. The molecule has 0 aliphatic carbocycles. The Morgan fingerprint density at radius 2 is 1.32 bits per heavy atom. The van der Waals surface area contributed by atoms with Crippen molar-refractivity contribution in [3.05, 3.63) is 0 Å². The zero-order chi connectivity index (χ0) is 15.0. The Kier molecular flexibility index (Phi) is 22.0. The van der Waals surface area contributed by atoms with Crippen molar-refractivity contribution in [2.45, 2.75) is 32.6 Å². The van der Waals surface area contributed by atoms with Crippen molar-refractivity contribution >= 4 is 94.4 Å². The molecule has 0 unspecified atom stereocenters. The van der Waals surface area contributed by atoms with Gasteiger partial charge >= 0.3 is 0 Å². The molecule has 0 rings (SSSR count). The van der Waals surface area contributed by atoms with Gasteiger partial charge in [0, 0.05) is 96.5 Å². The van der Waals surface area contributed by atoms with Crippen LogP contribution in [-0.2, 0) is 94.4 Å². The van der Waals surface area contributed by atoms with Crippen LogP contribution in [0.3, 0.4) is 0 Å². The Labute approximate surface area is 145 Å². The Hall–Kier alpha value is 1.93. The molecule has 0 aliphatic heterocycles. The van der Waals surface area contributed by atoms with E-state index in [1.165, 1.54) is 24.0 Å². The topological polar surface area (TPSA) is 34.1 Å². The van der Waals surface area contributed by atoms with Crippen molar-refractivity contribution in [3.8, 4) is 0 Å². The SMILES string of the molecule is CCCCCCS(C)(=O)=O.S=S=S=S=S=S=S=S=S. The Bertz CT molecular complexity index is 562. The van der Waals surface area contributed by atoms with Gasteiger partial charge in [-0.1, -0.05) is 26.2 Å². The van der Waals surface area contributed by atoms with E-state index < -0.39 is 9.84 Å². The fraction of sp³-hybridized carbons (Fsp3) is 1.00. The van der Waals surface area contributed by atoms with Crippen LogP contribution in [0.25, 0.3) is 0 Å². The van der Waals surface area contributed by atoms with Gasteiger partial charge in [-0.15, -0.1) is 0 Å². The molecule has 0 aliphatic rings. The van der Waals surface area contributed by atoms with E-state index in [4.69, 9.17) is 0 Å². The lowest BCUT2D eigenvalue weighted by atomic mass is 10.2. The number of unbranched alkanes of at least 4 members (excludes halogenated alkanes) is 3. The maximum absolute atomic E-state index is 10.6. The van der Waals surface area contributed by atoms with Crippen LogP contribution in [0.1, 0.15) is 32.6 Å². The van der Waals surface area contributed by atoms with Gasteiger partial charge in [0.25, 0.3) is 0 Å². The van der Waals surface area contributed by atoms with Gasteiger partial charge in [0.1, 0.15) is 9.84 Å². The summed E-state index contributed by atoms with van der Waals surface area (Å²) in [7, 11) is 8.19. The van der Waals surface area contributed by atoms with Gasteiger partial charge in [0.2, 0.25) is 0 Å². The molecule has 0 saturated carbocycles.